The summed E-state index contributed by atoms with van der Waals surface area (Å²) < 4.78 is 0. The summed E-state index contributed by atoms with van der Waals surface area (Å²) in [6.07, 6.45) is 3.08. The Morgan fingerprint density at radius 3 is 2.53 bits per heavy atom. The normalized spacial score (nSPS) is 14.4. The molecule has 1 aromatic rings. The van der Waals surface area contributed by atoms with E-state index in [1.807, 2.05) is 24.3 Å². The quantitative estimate of drug-likeness (QED) is 0.780. The van der Waals surface area contributed by atoms with Crippen molar-refractivity contribution in [3.63, 3.8) is 0 Å². The van der Waals surface area contributed by atoms with E-state index in [0.29, 0.717) is 23.9 Å². The number of rotatable bonds is 5. The Bertz CT molecular complexity index is 424. The van der Waals surface area contributed by atoms with Gasteiger partial charge in [-0.05, 0) is 24.3 Å². The Kier molecular flexibility index (Phi) is 3.74. The first-order valence-corrected chi connectivity index (χ1v) is 6.21. The molecule has 1 fully saturated rings. The average Bonchev–Trinajstić information content (AvgIpc) is 3.11. The third-order valence-electron chi connectivity index (χ3n) is 2.90. The molecule has 17 heavy (non-hydrogen) atoms. The summed E-state index contributed by atoms with van der Waals surface area (Å²) in [4.78, 5) is 11.9. The number of amides is 1. The van der Waals surface area contributed by atoms with Gasteiger partial charge in [-0.2, -0.15) is 0 Å². The third kappa shape index (κ3) is 3.82. The van der Waals surface area contributed by atoms with E-state index in [-0.39, 0.29) is 5.91 Å². The maximum atomic E-state index is 11.5. The zero-order chi connectivity index (χ0) is 12.3. The molecule has 4 heteroatoms. The molecule has 0 heterocycles. The first kappa shape index (κ1) is 12.0. The summed E-state index contributed by atoms with van der Waals surface area (Å²) >= 11 is 4.87. The van der Waals surface area contributed by atoms with Crippen LogP contribution >= 0.6 is 12.2 Å². The maximum absolute atomic E-state index is 11.5. The molecule has 1 aliphatic carbocycles. The lowest BCUT2D eigenvalue weighted by Gasteiger charge is -2.05. The molecule has 2 rings (SSSR count). The van der Waals surface area contributed by atoms with E-state index in [1.165, 1.54) is 12.8 Å². The number of carbonyl (C=O) groups excluding carboxylic acids is 1. The zero-order valence-electron chi connectivity index (χ0n) is 9.61. The van der Waals surface area contributed by atoms with Gasteiger partial charge in [-0.25, -0.2) is 0 Å². The van der Waals surface area contributed by atoms with Gasteiger partial charge in [0.2, 0.25) is 5.91 Å². The van der Waals surface area contributed by atoms with Gasteiger partial charge < -0.3 is 11.1 Å². The minimum atomic E-state index is 0.144. The van der Waals surface area contributed by atoms with Gasteiger partial charge in [0.15, 0.2) is 0 Å². The molecule has 0 bridgehead atoms. The molecule has 1 aliphatic rings. The van der Waals surface area contributed by atoms with Gasteiger partial charge in [-0.1, -0.05) is 36.5 Å². The fourth-order valence-corrected chi connectivity index (χ4v) is 1.78. The number of thiocarbonyl (C=S) groups is 1. The SMILES string of the molecule is NC(=S)c1ccc(CNC(=O)CC2CC2)cc1. The zero-order valence-corrected chi connectivity index (χ0v) is 10.4. The van der Waals surface area contributed by atoms with E-state index in [2.05, 4.69) is 5.32 Å². The number of carbonyl (C=O) groups is 1. The summed E-state index contributed by atoms with van der Waals surface area (Å²) in [7, 11) is 0. The molecule has 90 valence electrons. The average molecular weight is 248 g/mol. The molecule has 0 aliphatic heterocycles. The van der Waals surface area contributed by atoms with E-state index >= 15 is 0 Å². The van der Waals surface area contributed by atoms with Crippen LogP contribution in [-0.4, -0.2) is 10.9 Å². The predicted molar refractivity (Wildman–Crippen MR) is 71.5 cm³/mol. The van der Waals surface area contributed by atoms with Crippen LogP contribution in [-0.2, 0) is 11.3 Å². The lowest BCUT2D eigenvalue weighted by atomic mass is 10.1. The molecular formula is C13H16N2OS. The van der Waals surface area contributed by atoms with E-state index in [4.69, 9.17) is 18.0 Å². The molecule has 3 nitrogen and oxygen atoms in total. The Morgan fingerprint density at radius 2 is 2.00 bits per heavy atom. The number of nitrogens with one attached hydrogen (secondary N) is 1. The lowest BCUT2D eigenvalue weighted by molar-refractivity contribution is -0.121. The van der Waals surface area contributed by atoms with Gasteiger partial charge in [0.25, 0.3) is 0 Å². The van der Waals surface area contributed by atoms with Crippen LogP contribution in [0.5, 0.6) is 0 Å². The van der Waals surface area contributed by atoms with Crippen molar-refractivity contribution < 1.29 is 4.79 Å². The molecule has 3 N–H and O–H groups in total. The fraction of sp³-hybridized carbons (Fsp3) is 0.385. The lowest BCUT2D eigenvalue weighted by Crippen LogP contribution is -2.22. The highest BCUT2D eigenvalue weighted by atomic mass is 32.1. The minimum Gasteiger partial charge on any atom is -0.389 e. The van der Waals surface area contributed by atoms with Gasteiger partial charge in [0.1, 0.15) is 4.99 Å². The highest BCUT2D eigenvalue weighted by molar-refractivity contribution is 7.80. The van der Waals surface area contributed by atoms with Crippen LogP contribution in [0.1, 0.15) is 30.4 Å². The molecule has 0 radical (unpaired) electrons. The van der Waals surface area contributed by atoms with Crippen molar-refractivity contribution in [2.24, 2.45) is 11.7 Å². The van der Waals surface area contributed by atoms with Gasteiger partial charge in [-0.3, -0.25) is 4.79 Å². The van der Waals surface area contributed by atoms with E-state index in [9.17, 15) is 4.79 Å². The summed E-state index contributed by atoms with van der Waals surface area (Å²) in [6, 6.07) is 7.63. The van der Waals surface area contributed by atoms with Gasteiger partial charge in [0.05, 0.1) is 0 Å². The molecule has 0 atom stereocenters. The highest BCUT2D eigenvalue weighted by Gasteiger charge is 2.23. The second kappa shape index (κ2) is 5.27. The van der Waals surface area contributed by atoms with Crippen LogP contribution < -0.4 is 11.1 Å². The number of benzene rings is 1. The van der Waals surface area contributed by atoms with Crippen molar-refractivity contribution >= 4 is 23.1 Å². The second-order valence-corrected chi connectivity index (χ2v) is 4.93. The predicted octanol–water partition coefficient (Wildman–Crippen LogP) is 1.74. The number of hydrogen-bond acceptors (Lipinski definition) is 2. The van der Waals surface area contributed by atoms with Crippen molar-refractivity contribution in [1.29, 1.82) is 0 Å². The molecule has 0 spiro atoms. The summed E-state index contributed by atoms with van der Waals surface area (Å²) in [6.45, 7) is 0.573. The third-order valence-corrected chi connectivity index (χ3v) is 3.13. The van der Waals surface area contributed by atoms with Crippen molar-refractivity contribution in [2.75, 3.05) is 0 Å². The fourth-order valence-electron chi connectivity index (χ4n) is 1.64. The van der Waals surface area contributed by atoms with Crippen molar-refractivity contribution in [3.05, 3.63) is 35.4 Å². The number of nitrogens with two attached hydrogens (primary N) is 1. The van der Waals surface area contributed by atoms with Crippen LogP contribution in [0.3, 0.4) is 0 Å². The van der Waals surface area contributed by atoms with Crippen molar-refractivity contribution in [1.82, 2.24) is 5.32 Å². The molecule has 0 aromatic heterocycles. The topological polar surface area (TPSA) is 55.1 Å². The minimum absolute atomic E-state index is 0.144. The van der Waals surface area contributed by atoms with Gasteiger partial charge >= 0.3 is 0 Å². The summed E-state index contributed by atoms with van der Waals surface area (Å²) in [5, 5.41) is 2.92. The molecular weight excluding hydrogens is 232 g/mol. The molecule has 0 saturated heterocycles. The van der Waals surface area contributed by atoms with Crippen LogP contribution in [0.15, 0.2) is 24.3 Å². The maximum Gasteiger partial charge on any atom is 0.220 e. The molecule has 1 amide bonds. The van der Waals surface area contributed by atoms with Crippen molar-refractivity contribution in [3.8, 4) is 0 Å². The Labute approximate surface area is 106 Å². The smallest absolute Gasteiger partial charge is 0.220 e. The second-order valence-electron chi connectivity index (χ2n) is 4.49. The first-order valence-electron chi connectivity index (χ1n) is 5.80. The van der Waals surface area contributed by atoms with E-state index < -0.39 is 0 Å². The molecule has 1 aromatic carbocycles. The largest absolute Gasteiger partial charge is 0.389 e. The van der Waals surface area contributed by atoms with E-state index in [0.717, 1.165) is 11.1 Å². The van der Waals surface area contributed by atoms with Gasteiger partial charge in [-0.15, -0.1) is 0 Å². The van der Waals surface area contributed by atoms with Crippen LogP contribution in [0.4, 0.5) is 0 Å². The molecule has 0 unspecified atom stereocenters. The monoisotopic (exact) mass is 248 g/mol. The van der Waals surface area contributed by atoms with Crippen LogP contribution in [0, 0.1) is 5.92 Å². The number of hydrogen-bond donors (Lipinski definition) is 2. The van der Waals surface area contributed by atoms with Crippen LogP contribution in [0.2, 0.25) is 0 Å². The van der Waals surface area contributed by atoms with Crippen molar-refractivity contribution in [2.45, 2.75) is 25.8 Å². The Hall–Kier alpha value is -1.42. The Balaban J connectivity index is 1.81. The van der Waals surface area contributed by atoms with Crippen LogP contribution in [0.25, 0.3) is 0 Å². The summed E-state index contributed by atoms with van der Waals surface area (Å²) in [5.74, 6) is 0.776. The molecule has 1 saturated carbocycles. The van der Waals surface area contributed by atoms with Gasteiger partial charge in [0, 0.05) is 18.5 Å². The first-order chi connectivity index (χ1) is 8.15. The summed E-state index contributed by atoms with van der Waals surface area (Å²) in [5.41, 5.74) is 7.43. The Morgan fingerprint density at radius 1 is 1.35 bits per heavy atom. The van der Waals surface area contributed by atoms with E-state index in [1.54, 1.807) is 0 Å². The standard InChI is InChI=1S/C13H16N2OS/c14-13(17)11-5-3-10(4-6-11)8-15-12(16)7-9-1-2-9/h3-6,9H,1-2,7-8H2,(H2,14,17)(H,15,16). The highest BCUT2D eigenvalue weighted by Crippen LogP contribution is 2.32.